The Labute approximate surface area is 190 Å². The van der Waals surface area contributed by atoms with E-state index in [1.165, 1.54) is 4.90 Å². The molecular formula is C25H21ClN2O4. The Kier molecular flexibility index (Phi) is 4.92. The molecule has 5 rings (SSSR count). The van der Waals surface area contributed by atoms with E-state index in [1.54, 1.807) is 43.4 Å². The molecule has 7 heteroatoms. The van der Waals surface area contributed by atoms with Crippen LogP contribution in [-0.4, -0.2) is 25.0 Å². The number of anilines is 2. The summed E-state index contributed by atoms with van der Waals surface area (Å²) >= 11 is 6.00. The van der Waals surface area contributed by atoms with Gasteiger partial charge in [-0.2, -0.15) is 0 Å². The van der Waals surface area contributed by atoms with Crippen LogP contribution in [0, 0.1) is 5.41 Å². The number of imide groups is 1. The van der Waals surface area contributed by atoms with Crippen LogP contribution >= 0.6 is 11.6 Å². The van der Waals surface area contributed by atoms with Crippen LogP contribution in [0.5, 0.6) is 5.75 Å². The number of benzene rings is 3. The molecule has 0 unspecified atom stereocenters. The Bertz CT molecular complexity index is 1170. The summed E-state index contributed by atoms with van der Waals surface area (Å²) in [7, 11) is 1.60. The lowest BCUT2D eigenvalue weighted by atomic mass is 9.76. The maximum absolute atomic E-state index is 13.8. The number of ether oxygens (including phenoxy) is 1. The number of hydrogen-bond donors (Lipinski definition) is 0. The van der Waals surface area contributed by atoms with Gasteiger partial charge in [0.15, 0.2) is 6.10 Å². The lowest BCUT2D eigenvalue weighted by molar-refractivity contribution is -0.128. The van der Waals surface area contributed by atoms with Gasteiger partial charge in [-0.3, -0.25) is 14.4 Å². The smallest absolute Gasteiger partial charge is 0.266 e. The van der Waals surface area contributed by atoms with Gasteiger partial charge in [0.1, 0.15) is 11.2 Å². The summed E-state index contributed by atoms with van der Waals surface area (Å²) in [4.78, 5) is 34.7. The first-order chi connectivity index (χ1) is 15.4. The Morgan fingerprint density at radius 3 is 2.19 bits per heavy atom. The molecule has 0 bridgehead atoms. The molecule has 0 spiro atoms. The van der Waals surface area contributed by atoms with Gasteiger partial charge in [0, 0.05) is 5.02 Å². The average Bonchev–Trinajstić information content (AvgIpc) is 3.23. The standard InChI is InChI=1S/C25H21ClN2O4/c1-25-21(16-8-14-20(31-2)15-9-16)28(19-6-4-3-5-7-19)32-22(25)23(29)27(24(25)30)18-12-10-17(26)11-13-18/h3-15,21-22H,1-2H3/t21-,22+,25+/m1/s1. The zero-order valence-corrected chi connectivity index (χ0v) is 18.3. The second-order valence-electron chi connectivity index (χ2n) is 8.06. The molecule has 3 atom stereocenters. The molecule has 2 heterocycles. The molecule has 0 radical (unpaired) electrons. The molecule has 2 amide bonds. The highest BCUT2D eigenvalue weighted by Gasteiger charge is 2.68. The average molecular weight is 449 g/mol. The van der Waals surface area contributed by atoms with Crippen molar-refractivity contribution in [3.8, 4) is 5.75 Å². The van der Waals surface area contributed by atoms with E-state index in [1.807, 2.05) is 54.6 Å². The van der Waals surface area contributed by atoms with Crippen LogP contribution in [-0.2, 0) is 14.4 Å². The zero-order chi connectivity index (χ0) is 22.5. The number of para-hydroxylation sites is 1. The maximum atomic E-state index is 13.8. The van der Waals surface area contributed by atoms with E-state index in [4.69, 9.17) is 21.2 Å². The van der Waals surface area contributed by atoms with Crippen molar-refractivity contribution in [3.63, 3.8) is 0 Å². The fraction of sp³-hybridized carbons (Fsp3) is 0.200. The number of fused-ring (bicyclic) bond motifs is 1. The predicted octanol–water partition coefficient (Wildman–Crippen LogP) is 4.79. The Morgan fingerprint density at radius 2 is 1.56 bits per heavy atom. The molecule has 0 N–H and O–H groups in total. The number of carbonyl (C=O) groups is 2. The Balaban J connectivity index is 1.62. The van der Waals surface area contributed by atoms with E-state index in [0.717, 1.165) is 11.3 Å². The van der Waals surface area contributed by atoms with Crippen molar-refractivity contribution in [3.05, 3.63) is 89.4 Å². The van der Waals surface area contributed by atoms with E-state index >= 15 is 0 Å². The van der Waals surface area contributed by atoms with Gasteiger partial charge in [0.25, 0.3) is 5.91 Å². The first-order valence-corrected chi connectivity index (χ1v) is 10.6. The van der Waals surface area contributed by atoms with Crippen molar-refractivity contribution >= 4 is 34.8 Å². The van der Waals surface area contributed by atoms with Crippen LogP contribution in [0.1, 0.15) is 18.5 Å². The minimum Gasteiger partial charge on any atom is -0.497 e. The number of carbonyl (C=O) groups excluding carboxylic acids is 2. The molecule has 2 saturated heterocycles. The quantitative estimate of drug-likeness (QED) is 0.537. The number of methoxy groups -OCH3 is 1. The van der Waals surface area contributed by atoms with E-state index in [9.17, 15) is 9.59 Å². The lowest BCUT2D eigenvalue weighted by Crippen LogP contribution is -2.41. The van der Waals surface area contributed by atoms with Crippen molar-refractivity contribution in [2.24, 2.45) is 5.41 Å². The van der Waals surface area contributed by atoms with Crippen LogP contribution in [0.2, 0.25) is 5.02 Å². The molecule has 0 aliphatic carbocycles. The molecule has 162 valence electrons. The summed E-state index contributed by atoms with van der Waals surface area (Å²) in [5.41, 5.74) is 0.950. The fourth-order valence-electron chi connectivity index (χ4n) is 4.55. The molecule has 6 nitrogen and oxygen atoms in total. The third kappa shape index (κ3) is 2.98. The topological polar surface area (TPSA) is 59.1 Å². The number of rotatable bonds is 4. The Morgan fingerprint density at radius 1 is 0.906 bits per heavy atom. The first-order valence-electron chi connectivity index (χ1n) is 10.2. The number of hydrogen-bond acceptors (Lipinski definition) is 5. The molecule has 2 aliphatic rings. The first kappa shape index (κ1) is 20.5. The molecule has 3 aromatic carbocycles. The Hall–Kier alpha value is -3.35. The second-order valence-corrected chi connectivity index (χ2v) is 8.50. The van der Waals surface area contributed by atoms with Crippen molar-refractivity contribution in [1.82, 2.24) is 0 Å². The monoisotopic (exact) mass is 448 g/mol. The minimum atomic E-state index is -1.14. The molecule has 0 aromatic heterocycles. The van der Waals surface area contributed by atoms with Crippen molar-refractivity contribution in [2.75, 3.05) is 17.1 Å². The minimum absolute atomic E-state index is 0.311. The summed E-state index contributed by atoms with van der Waals surface area (Å²) in [6.07, 6.45) is -0.960. The summed E-state index contributed by atoms with van der Waals surface area (Å²) < 4.78 is 5.29. The third-order valence-electron chi connectivity index (χ3n) is 6.20. The predicted molar refractivity (Wildman–Crippen MR) is 122 cm³/mol. The number of nitrogens with zero attached hydrogens (tertiary/aromatic N) is 2. The highest BCUT2D eigenvalue weighted by Crippen LogP contribution is 2.55. The molecule has 2 fully saturated rings. The van der Waals surface area contributed by atoms with Crippen LogP contribution in [0.4, 0.5) is 11.4 Å². The maximum Gasteiger partial charge on any atom is 0.266 e. The lowest BCUT2D eigenvalue weighted by Gasteiger charge is -2.32. The number of halogens is 1. The molecule has 3 aromatic rings. The third-order valence-corrected chi connectivity index (χ3v) is 6.45. The highest BCUT2D eigenvalue weighted by atomic mass is 35.5. The highest BCUT2D eigenvalue weighted by molar-refractivity contribution is 6.31. The summed E-state index contributed by atoms with van der Waals surface area (Å²) in [5.74, 6) is 0.00285. The molecular weight excluding hydrogens is 428 g/mol. The van der Waals surface area contributed by atoms with Gasteiger partial charge in [0.2, 0.25) is 5.91 Å². The van der Waals surface area contributed by atoms with Gasteiger partial charge >= 0.3 is 0 Å². The van der Waals surface area contributed by atoms with Gasteiger partial charge in [-0.25, -0.2) is 9.96 Å². The van der Waals surface area contributed by atoms with Crippen molar-refractivity contribution in [2.45, 2.75) is 19.1 Å². The van der Waals surface area contributed by atoms with Gasteiger partial charge < -0.3 is 4.74 Å². The summed E-state index contributed by atoms with van der Waals surface area (Å²) in [6, 6.07) is 23.1. The van der Waals surface area contributed by atoms with Gasteiger partial charge in [-0.1, -0.05) is 41.9 Å². The summed E-state index contributed by atoms with van der Waals surface area (Å²) in [5, 5.41) is 2.21. The second kappa shape index (κ2) is 7.65. The molecule has 0 saturated carbocycles. The van der Waals surface area contributed by atoms with Gasteiger partial charge in [0.05, 0.1) is 24.5 Å². The van der Waals surface area contributed by atoms with E-state index < -0.39 is 23.5 Å². The number of hydroxylamine groups is 1. The van der Waals surface area contributed by atoms with Crippen molar-refractivity contribution in [1.29, 1.82) is 0 Å². The number of amides is 2. The van der Waals surface area contributed by atoms with Crippen molar-refractivity contribution < 1.29 is 19.2 Å². The summed E-state index contributed by atoms with van der Waals surface area (Å²) in [6.45, 7) is 1.80. The van der Waals surface area contributed by atoms with E-state index in [0.29, 0.717) is 16.5 Å². The van der Waals surface area contributed by atoms with Crippen LogP contribution in [0.25, 0.3) is 0 Å². The van der Waals surface area contributed by atoms with Crippen LogP contribution < -0.4 is 14.7 Å². The fourth-order valence-corrected chi connectivity index (χ4v) is 4.67. The molecule has 2 aliphatic heterocycles. The largest absolute Gasteiger partial charge is 0.497 e. The van der Waals surface area contributed by atoms with Gasteiger partial charge in [-0.15, -0.1) is 0 Å². The van der Waals surface area contributed by atoms with E-state index in [2.05, 4.69) is 0 Å². The van der Waals surface area contributed by atoms with Gasteiger partial charge in [-0.05, 0) is 61.0 Å². The zero-order valence-electron chi connectivity index (χ0n) is 17.6. The normalized spacial score (nSPS) is 24.7. The van der Waals surface area contributed by atoms with Crippen LogP contribution in [0.15, 0.2) is 78.9 Å². The van der Waals surface area contributed by atoms with Crippen LogP contribution in [0.3, 0.4) is 0 Å². The van der Waals surface area contributed by atoms with E-state index in [-0.39, 0.29) is 5.91 Å². The molecule has 32 heavy (non-hydrogen) atoms. The SMILES string of the molecule is COc1ccc([C@H]2N(c3ccccc3)O[C@H]3C(=O)N(c4ccc(Cl)cc4)C(=O)[C@]32C)cc1.